The molecule has 0 bridgehead atoms. The van der Waals surface area contributed by atoms with Crippen molar-refractivity contribution in [1.29, 1.82) is 0 Å². The summed E-state index contributed by atoms with van der Waals surface area (Å²) in [5.41, 5.74) is 0.897. The third kappa shape index (κ3) is 6.12. The molecule has 0 atom stereocenters. The number of unbranched alkanes of at least 4 members (excludes halogenated alkanes) is 1. The van der Waals surface area contributed by atoms with Gasteiger partial charge in [0.2, 0.25) is 10.0 Å². The Hall–Kier alpha value is -0.770. The second-order valence-corrected chi connectivity index (χ2v) is 6.82. The van der Waals surface area contributed by atoms with Gasteiger partial charge in [-0.25, -0.2) is 13.1 Å². The number of nitrogens with two attached hydrogens (primary N) is 1. The molecule has 0 aliphatic heterocycles. The first-order valence-electron chi connectivity index (χ1n) is 5.80. The predicted octanol–water partition coefficient (Wildman–Crippen LogP) is 2.32. The van der Waals surface area contributed by atoms with Crippen molar-refractivity contribution in [3.8, 4) is 0 Å². The topological polar surface area (TPSA) is 72.2 Å². The number of alkyl halides is 3. The van der Waals surface area contributed by atoms with E-state index >= 15 is 0 Å². The summed E-state index contributed by atoms with van der Waals surface area (Å²) in [6.45, 7) is 0.726. The summed E-state index contributed by atoms with van der Waals surface area (Å²) in [6.07, 6.45) is 1.31. The van der Waals surface area contributed by atoms with Crippen molar-refractivity contribution in [3.63, 3.8) is 0 Å². The minimum Gasteiger partial charge on any atom is -0.330 e. The highest BCUT2D eigenvalue weighted by Gasteiger charge is 2.29. The SMILES string of the molecule is NCCCCNS(=O)(=O)c1ccc(SC(F)(F)F)cc1. The number of thioether (sulfide) groups is 1. The van der Waals surface area contributed by atoms with Crippen LogP contribution in [0.3, 0.4) is 0 Å². The first-order chi connectivity index (χ1) is 9.24. The van der Waals surface area contributed by atoms with Gasteiger partial charge in [-0.2, -0.15) is 13.2 Å². The summed E-state index contributed by atoms with van der Waals surface area (Å²) in [4.78, 5) is -0.114. The van der Waals surface area contributed by atoms with Crippen LogP contribution in [-0.2, 0) is 10.0 Å². The highest BCUT2D eigenvalue weighted by molar-refractivity contribution is 8.00. The van der Waals surface area contributed by atoms with Crippen LogP contribution in [0, 0.1) is 0 Å². The third-order valence-electron chi connectivity index (χ3n) is 2.29. The van der Waals surface area contributed by atoms with Gasteiger partial charge in [0.1, 0.15) is 0 Å². The molecule has 0 amide bonds. The third-order valence-corrected chi connectivity index (χ3v) is 4.51. The normalized spacial score (nSPS) is 12.6. The van der Waals surface area contributed by atoms with Crippen molar-refractivity contribution in [1.82, 2.24) is 4.72 Å². The number of sulfonamides is 1. The molecule has 1 aromatic rings. The van der Waals surface area contributed by atoms with Crippen LogP contribution in [0.1, 0.15) is 12.8 Å². The summed E-state index contributed by atoms with van der Waals surface area (Å²) in [7, 11) is -3.68. The molecule has 4 nitrogen and oxygen atoms in total. The molecule has 0 radical (unpaired) electrons. The molecule has 1 rings (SSSR count). The van der Waals surface area contributed by atoms with Gasteiger partial charge < -0.3 is 5.73 Å². The van der Waals surface area contributed by atoms with Crippen LogP contribution < -0.4 is 10.5 Å². The van der Waals surface area contributed by atoms with Crippen LogP contribution in [0.4, 0.5) is 13.2 Å². The van der Waals surface area contributed by atoms with Crippen LogP contribution in [0.15, 0.2) is 34.1 Å². The lowest BCUT2D eigenvalue weighted by Crippen LogP contribution is -2.25. The Balaban J connectivity index is 2.67. The fourth-order valence-electron chi connectivity index (χ4n) is 1.38. The van der Waals surface area contributed by atoms with Gasteiger partial charge in [-0.15, -0.1) is 0 Å². The monoisotopic (exact) mass is 328 g/mol. The van der Waals surface area contributed by atoms with E-state index in [4.69, 9.17) is 5.73 Å². The number of rotatable bonds is 7. The fraction of sp³-hybridized carbons (Fsp3) is 0.455. The Labute approximate surface area is 120 Å². The molecule has 20 heavy (non-hydrogen) atoms. The summed E-state index contributed by atoms with van der Waals surface area (Å²) in [5.74, 6) is 0. The number of hydrogen-bond donors (Lipinski definition) is 2. The van der Waals surface area contributed by atoms with Gasteiger partial charge in [0.25, 0.3) is 0 Å². The first kappa shape index (κ1) is 17.3. The van der Waals surface area contributed by atoms with Gasteiger partial charge in [-0.05, 0) is 55.4 Å². The molecule has 0 unspecified atom stereocenters. The van der Waals surface area contributed by atoms with Gasteiger partial charge in [0.05, 0.1) is 4.90 Å². The first-order valence-corrected chi connectivity index (χ1v) is 8.10. The van der Waals surface area contributed by atoms with E-state index in [1.54, 1.807) is 0 Å². The average molecular weight is 328 g/mol. The van der Waals surface area contributed by atoms with Crippen LogP contribution in [0.2, 0.25) is 0 Å². The molecule has 0 spiro atoms. The van der Waals surface area contributed by atoms with E-state index in [0.29, 0.717) is 19.4 Å². The molecule has 0 saturated carbocycles. The smallest absolute Gasteiger partial charge is 0.330 e. The highest BCUT2D eigenvalue weighted by atomic mass is 32.2. The van der Waals surface area contributed by atoms with Crippen molar-refractivity contribution in [2.45, 2.75) is 28.1 Å². The van der Waals surface area contributed by atoms with E-state index in [9.17, 15) is 21.6 Å². The zero-order valence-electron chi connectivity index (χ0n) is 10.5. The van der Waals surface area contributed by atoms with Gasteiger partial charge in [-0.3, -0.25) is 0 Å². The quantitative estimate of drug-likeness (QED) is 0.595. The summed E-state index contributed by atoms with van der Waals surface area (Å²) >= 11 is -0.285. The molecule has 1 aromatic carbocycles. The van der Waals surface area contributed by atoms with E-state index in [2.05, 4.69) is 4.72 Å². The van der Waals surface area contributed by atoms with Crippen LogP contribution in [0.25, 0.3) is 0 Å². The van der Waals surface area contributed by atoms with Gasteiger partial charge >= 0.3 is 5.51 Å². The van der Waals surface area contributed by atoms with E-state index in [0.717, 1.165) is 24.3 Å². The molecular weight excluding hydrogens is 313 g/mol. The molecule has 0 aliphatic rings. The van der Waals surface area contributed by atoms with Crippen molar-refractivity contribution in [2.24, 2.45) is 5.73 Å². The second-order valence-electron chi connectivity index (χ2n) is 3.91. The van der Waals surface area contributed by atoms with Gasteiger partial charge in [-0.1, -0.05) is 0 Å². The number of benzene rings is 1. The van der Waals surface area contributed by atoms with E-state index in [1.807, 2.05) is 0 Å². The Morgan fingerprint density at radius 1 is 1.15 bits per heavy atom. The number of hydrogen-bond acceptors (Lipinski definition) is 4. The summed E-state index contributed by atoms with van der Waals surface area (Å²) in [5, 5.41) is 0. The van der Waals surface area contributed by atoms with Gasteiger partial charge in [0, 0.05) is 11.4 Å². The van der Waals surface area contributed by atoms with Crippen molar-refractivity contribution in [2.75, 3.05) is 13.1 Å². The largest absolute Gasteiger partial charge is 0.446 e. The molecule has 0 heterocycles. The Morgan fingerprint density at radius 3 is 2.25 bits per heavy atom. The Kier molecular flexibility index (Phi) is 6.31. The minimum absolute atomic E-state index is 0.0559. The second kappa shape index (κ2) is 7.30. The van der Waals surface area contributed by atoms with Crippen LogP contribution in [0.5, 0.6) is 0 Å². The summed E-state index contributed by atoms with van der Waals surface area (Å²) in [6, 6.07) is 4.57. The lowest BCUT2D eigenvalue weighted by molar-refractivity contribution is -0.0328. The molecule has 0 fully saturated rings. The number of halogens is 3. The van der Waals surface area contributed by atoms with Crippen LogP contribution in [-0.4, -0.2) is 27.0 Å². The zero-order valence-corrected chi connectivity index (χ0v) is 12.1. The maximum Gasteiger partial charge on any atom is 0.446 e. The zero-order chi connectivity index (χ0) is 15.2. The van der Waals surface area contributed by atoms with E-state index < -0.39 is 15.5 Å². The fourth-order valence-corrected chi connectivity index (χ4v) is 2.99. The summed E-state index contributed by atoms with van der Waals surface area (Å²) < 4.78 is 62.4. The maximum atomic E-state index is 12.1. The van der Waals surface area contributed by atoms with Crippen LogP contribution >= 0.6 is 11.8 Å². The molecule has 0 aliphatic carbocycles. The maximum absolute atomic E-state index is 12.1. The average Bonchev–Trinajstić information content (AvgIpc) is 2.33. The Morgan fingerprint density at radius 2 is 1.75 bits per heavy atom. The standard InChI is InChI=1S/C11H15F3N2O2S2/c12-11(13,14)19-9-3-5-10(6-4-9)20(17,18)16-8-2-1-7-15/h3-6,16H,1-2,7-8,15H2. The molecule has 0 aromatic heterocycles. The van der Waals surface area contributed by atoms with Crippen molar-refractivity contribution in [3.05, 3.63) is 24.3 Å². The van der Waals surface area contributed by atoms with E-state index in [-0.39, 0.29) is 28.1 Å². The lowest BCUT2D eigenvalue weighted by Gasteiger charge is -2.08. The highest BCUT2D eigenvalue weighted by Crippen LogP contribution is 2.36. The van der Waals surface area contributed by atoms with Crippen molar-refractivity contribution < 1.29 is 21.6 Å². The molecule has 9 heteroatoms. The van der Waals surface area contributed by atoms with Gasteiger partial charge in [0.15, 0.2) is 0 Å². The lowest BCUT2D eigenvalue weighted by atomic mass is 10.3. The van der Waals surface area contributed by atoms with E-state index in [1.165, 1.54) is 0 Å². The minimum atomic E-state index is -4.39. The molecule has 0 saturated heterocycles. The molecular formula is C11H15F3N2O2S2. The molecule has 114 valence electrons. The molecule has 3 N–H and O–H groups in total. The Bertz CT molecular complexity index is 515. The van der Waals surface area contributed by atoms with Crippen molar-refractivity contribution >= 4 is 21.8 Å². The predicted molar refractivity (Wildman–Crippen MR) is 71.8 cm³/mol. The number of nitrogens with one attached hydrogen (secondary N) is 1.